The Balaban J connectivity index is 0.00000144. The molecule has 0 aromatic carbocycles. The minimum atomic E-state index is 0. The van der Waals surface area contributed by atoms with Gasteiger partial charge in [-0.3, -0.25) is 4.79 Å². The lowest BCUT2D eigenvalue weighted by Crippen LogP contribution is -2.48. The zero-order valence-corrected chi connectivity index (χ0v) is 11.2. The molecule has 0 saturated carbocycles. The van der Waals surface area contributed by atoms with Crippen LogP contribution in [0.25, 0.3) is 0 Å². The van der Waals surface area contributed by atoms with E-state index in [1.54, 1.807) is 0 Å². The monoisotopic (exact) mass is 262 g/mol. The number of hydrogen-bond acceptors (Lipinski definition) is 3. The summed E-state index contributed by atoms with van der Waals surface area (Å²) in [5, 5.41) is 6.47. The number of hydrogen-bond donors (Lipinski definition) is 2. The Morgan fingerprint density at radius 1 is 1.47 bits per heavy atom. The van der Waals surface area contributed by atoms with E-state index < -0.39 is 0 Å². The molecule has 3 unspecified atom stereocenters. The van der Waals surface area contributed by atoms with Gasteiger partial charge in [-0.2, -0.15) is 0 Å². The first-order valence-electron chi connectivity index (χ1n) is 6.37. The van der Waals surface area contributed by atoms with Crippen LogP contribution in [-0.4, -0.2) is 37.7 Å². The average Bonchev–Trinajstić information content (AvgIpc) is 2.74. The Bertz CT molecular complexity index is 245. The fraction of sp³-hybridized carbons (Fsp3) is 0.917. The molecule has 0 bridgehead atoms. The van der Waals surface area contributed by atoms with Gasteiger partial charge in [0.15, 0.2) is 0 Å². The second-order valence-corrected chi connectivity index (χ2v) is 4.98. The largest absolute Gasteiger partial charge is 0.378 e. The van der Waals surface area contributed by atoms with Crippen molar-refractivity contribution in [2.24, 2.45) is 5.92 Å². The van der Waals surface area contributed by atoms with Crippen molar-refractivity contribution in [2.45, 2.75) is 44.8 Å². The van der Waals surface area contributed by atoms with Gasteiger partial charge in [0.1, 0.15) is 0 Å². The first-order valence-corrected chi connectivity index (χ1v) is 6.37. The topological polar surface area (TPSA) is 50.4 Å². The molecule has 2 fully saturated rings. The molecule has 3 atom stereocenters. The van der Waals surface area contributed by atoms with E-state index in [-0.39, 0.29) is 24.4 Å². The van der Waals surface area contributed by atoms with Crippen LogP contribution < -0.4 is 10.6 Å². The predicted octanol–water partition coefficient (Wildman–Crippen LogP) is 1.09. The highest BCUT2D eigenvalue weighted by Crippen LogP contribution is 2.16. The molecular formula is C12H23ClN2O2. The molecule has 2 N–H and O–H groups in total. The number of carbonyl (C=O) groups is 1. The summed E-state index contributed by atoms with van der Waals surface area (Å²) in [4.78, 5) is 11.8. The normalized spacial score (nSPS) is 32.9. The summed E-state index contributed by atoms with van der Waals surface area (Å²) < 4.78 is 5.47. The molecule has 2 aliphatic heterocycles. The van der Waals surface area contributed by atoms with Crippen LogP contribution in [0.2, 0.25) is 0 Å². The third-order valence-electron chi connectivity index (χ3n) is 3.57. The molecule has 4 nitrogen and oxygen atoms in total. The average molecular weight is 263 g/mol. The lowest BCUT2D eigenvalue weighted by atomic mass is 9.95. The molecule has 2 heterocycles. The van der Waals surface area contributed by atoms with E-state index >= 15 is 0 Å². The Morgan fingerprint density at radius 2 is 2.29 bits per heavy atom. The molecule has 0 aliphatic carbocycles. The molecule has 0 radical (unpaired) electrons. The number of piperidine rings is 1. The van der Waals surface area contributed by atoms with E-state index in [4.69, 9.17) is 4.74 Å². The lowest BCUT2D eigenvalue weighted by Gasteiger charge is -2.30. The van der Waals surface area contributed by atoms with Gasteiger partial charge in [0, 0.05) is 12.6 Å². The number of ether oxygens (including phenoxy) is 1. The maximum Gasteiger partial charge on any atom is 0.222 e. The van der Waals surface area contributed by atoms with Gasteiger partial charge >= 0.3 is 0 Å². The molecule has 2 saturated heterocycles. The summed E-state index contributed by atoms with van der Waals surface area (Å²) in [6, 6.07) is 0.343. The van der Waals surface area contributed by atoms with Gasteiger partial charge in [-0.1, -0.05) is 6.92 Å². The van der Waals surface area contributed by atoms with Crippen molar-refractivity contribution in [3.63, 3.8) is 0 Å². The van der Waals surface area contributed by atoms with Gasteiger partial charge in [-0.05, 0) is 38.3 Å². The molecule has 0 aromatic heterocycles. The second kappa shape index (κ2) is 7.19. The molecule has 100 valence electrons. The summed E-state index contributed by atoms with van der Waals surface area (Å²) >= 11 is 0. The lowest BCUT2D eigenvalue weighted by molar-refractivity contribution is -0.124. The predicted molar refractivity (Wildman–Crippen MR) is 69.4 cm³/mol. The molecule has 2 rings (SSSR count). The van der Waals surface area contributed by atoms with Crippen molar-refractivity contribution in [3.05, 3.63) is 0 Å². The number of carbonyl (C=O) groups excluding carboxylic acids is 1. The number of rotatable bonds is 3. The fourth-order valence-electron chi connectivity index (χ4n) is 2.51. The molecule has 17 heavy (non-hydrogen) atoms. The number of amides is 1. The van der Waals surface area contributed by atoms with Crippen molar-refractivity contribution in [1.82, 2.24) is 10.6 Å². The molecule has 5 heteroatoms. The van der Waals surface area contributed by atoms with Crippen molar-refractivity contribution < 1.29 is 9.53 Å². The first kappa shape index (κ1) is 14.7. The van der Waals surface area contributed by atoms with E-state index in [2.05, 4.69) is 17.6 Å². The fourth-order valence-corrected chi connectivity index (χ4v) is 2.51. The summed E-state index contributed by atoms with van der Waals surface area (Å²) in [6.45, 7) is 5.02. The van der Waals surface area contributed by atoms with E-state index in [1.807, 2.05) is 0 Å². The maximum atomic E-state index is 11.8. The van der Waals surface area contributed by atoms with Gasteiger partial charge in [0.2, 0.25) is 5.91 Å². The molecule has 2 aliphatic rings. The summed E-state index contributed by atoms with van der Waals surface area (Å²) in [5.74, 6) is 0.688. The quantitative estimate of drug-likeness (QED) is 0.801. The summed E-state index contributed by atoms with van der Waals surface area (Å²) in [6.07, 6.45) is 3.88. The zero-order valence-electron chi connectivity index (χ0n) is 10.4. The Labute approximate surface area is 109 Å². The molecule has 0 spiro atoms. The standard InChI is InChI=1S/C12H22N2O2.ClH/c1-9-8-13-5-4-11(9)14-12(15)7-10-3-2-6-16-10;/h9-11,13H,2-8H2,1H3,(H,14,15);1H. The number of halogens is 1. The van der Waals surface area contributed by atoms with Crippen LogP contribution in [0.15, 0.2) is 0 Å². The summed E-state index contributed by atoms with van der Waals surface area (Å²) in [7, 11) is 0. The smallest absolute Gasteiger partial charge is 0.222 e. The Kier molecular flexibility index (Phi) is 6.23. The van der Waals surface area contributed by atoms with Crippen molar-refractivity contribution >= 4 is 18.3 Å². The molecule has 1 amide bonds. The van der Waals surface area contributed by atoms with E-state index in [0.29, 0.717) is 18.4 Å². The van der Waals surface area contributed by atoms with Gasteiger partial charge in [0.25, 0.3) is 0 Å². The van der Waals surface area contributed by atoms with Crippen LogP contribution in [0.3, 0.4) is 0 Å². The first-order chi connectivity index (χ1) is 7.75. The Morgan fingerprint density at radius 3 is 2.94 bits per heavy atom. The maximum absolute atomic E-state index is 11.8. The third kappa shape index (κ3) is 4.45. The van der Waals surface area contributed by atoms with E-state index in [1.165, 1.54) is 0 Å². The zero-order chi connectivity index (χ0) is 11.4. The highest BCUT2D eigenvalue weighted by atomic mass is 35.5. The van der Waals surface area contributed by atoms with Crippen LogP contribution in [0, 0.1) is 5.92 Å². The Hall–Kier alpha value is -0.320. The minimum Gasteiger partial charge on any atom is -0.378 e. The molecular weight excluding hydrogens is 240 g/mol. The van der Waals surface area contributed by atoms with Gasteiger partial charge < -0.3 is 15.4 Å². The van der Waals surface area contributed by atoms with Crippen molar-refractivity contribution in [1.29, 1.82) is 0 Å². The van der Waals surface area contributed by atoms with Gasteiger partial charge in [-0.15, -0.1) is 12.4 Å². The van der Waals surface area contributed by atoms with Gasteiger partial charge in [0.05, 0.1) is 12.5 Å². The molecule has 0 aromatic rings. The SMILES string of the molecule is CC1CNCCC1NC(=O)CC1CCCO1.Cl. The van der Waals surface area contributed by atoms with Crippen LogP contribution in [-0.2, 0) is 9.53 Å². The summed E-state index contributed by atoms with van der Waals surface area (Å²) in [5.41, 5.74) is 0. The van der Waals surface area contributed by atoms with Gasteiger partial charge in [-0.25, -0.2) is 0 Å². The van der Waals surface area contributed by atoms with E-state index in [0.717, 1.165) is 39.0 Å². The van der Waals surface area contributed by atoms with Crippen LogP contribution in [0.1, 0.15) is 32.6 Å². The second-order valence-electron chi connectivity index (χ2n) is 4.98. The van der Waals surface area contributed by atoms with Crippen molar-refractivity contribution in [3.8, 4) is 0 Å². The van der Waals surface area contributed by atoms with Crippen LogP contribution in [0.4, 0.5) is 0 Å². The minimum absolute atomic E-state index is 0. The van der Waals surface area contributed by atoms with E-state index in [9.17, 15) is 4.79 Å². The van der Waals surface area contributed by atoms with Crippen molar-refractivity contribution in [2.75, 3.05) is 19.7 Å². The highest BCUT2D eigenvalue weighted by Gasteiger charge is 2.25. The van der Waals surface area contributed by atoms with Crippen LogP contribution in [0.5, 0.6) is 0 Å². The third-order valence-corrected chi connectivity index (χ3v) is 3.57. The van der Waals surface area contributed by atoms with Crippen LogP contribution >= 0.6 is 12.4 Å². The highest BCUT2D eigenvalue weighted by molar-refractivity contribution is 5.85. The number of nitrogens with one attached hydrogen (secondary N) is 2.